The summed E-state index contributed by atoms with van der Waals surface area (Å²) in [5, 5.41) is 0. The van der Waals surface area contributed by atoms with Gasteiger partial charge in [-0.15, -0.1) is 11.3 Å². The minimum atomic E-state index is 0.227. The van der Waals surface area contributed by atoms with E-state index in [0.717, 1.165) is 21.5 Å². The first-order chi connectivity index (χ1) is 5.27. The normalized spacial score (nSPS) is 16.6. The molecule has 2 nitrogen and oxygen atoms in total. The number of aromatic nitrogens is 1. The van der Waals surface area contributed by atoms with E-state index in [9.17, 15) is 4.79 Å². The Hall–Kier alpha value is 0.0300. The van der Waals surface area contributed by atoms with Crippen LogP contribution in [0.4, 0.5) is 0 Å². The molecule has 1 aliphatic carbocycles. The van der Waals surface area contributed by atoms with Crippen LogP contribution in [-0.4, -0.2) is 10.8 Å². The highest BCUT2D eigenvalue weighted by Crippen LogP contribution is 2.27. The fourth-order valence-electron chi connectivity index (χ4n) is 1.24. The lowest BCUT2D eigenvalue weighted by molar-refractivity contribution is 0.0968. The first-order valence-electron chi connectivity index (χ1n) is 3.46. The van der Waals surface area contributed by atoms with Gasteiger partial charge in [0, 0.05) is 11.3 Å². The molecular weight excluding hydrogens is 273 g/mol. The summed E-state index contributed by atoms with van der Waals surface area (Å²) in [4.78, 5) is 16.6. The van der Waals surface area contributed by atoms with Crippen molar-refractivity contribution in [1.29, 1.82) is 0 Å². The number of Topliss-reactive ketones (excluding diaryl/α,β-unsaturated/α-hetero) is 1. The van der Waals surface area contributed by atoms with Crippen LogP contribution in [0.1, 0.15) is 28.2 Å². The number of fused-ring (bicyclic) bond motifs is 1. The number of carbonyl (C=O) groups excluding carboxylic acids is 1. The van der Waals surface area contributed by atoms with Crippen molar-refractivity contribution >= 4 is 39.7 Å². The van der Waals surface area contributed by atoms with Crippen molar-refractivity contribution in [2.45, 2.75) is 19.3 Å². The lowest BCUT2D eigenvalue weighted by atomic mass is 10.0. The third-order valence-corrected chi connectivity index (χ3v) is 3.55. The zero-order valence-electron chi connectivity index (χ0n) is 5.76. The van der Waals surface area contributed by atoms with Gasteiger partial charge in [0.2, 0.25) is 0 Å². The maximum Gasteiger partial charge on any atom is 0.182 e. The third kappa shape index (κ3) is 1.33. The van der Waals surface area contributed by atoms with Gasteiger partial charge in [-0.05, 0) is 35.4 Å². The van der Waals surface area contributed by atoms with Gasteiger partial charge in [0.1, 0.15) is 5.69 Å². The van der Waals surface area contributed by atoms with Crippen molar-refractivity contribution in [3.63, 3.8) is 0 Å². The number of rotatable bonds is 0. The molecule has 1 aliphatic rings. The van der Waals surface area contributed by atoms with E-state index in [0.29, 0.717) is 6.42 Å². The molecule has 2 rings (SSSR count). The average Bonchev–Trinajstić information content (AvgIpc) is 2.31. The van der Waals surface area contributed by atoms with Crippen molar-refractivity contribution < 1.29 is 4.79 Å². The monoisotopic (exact) mass is 279 g/mol. The fourth-order valence-corrected chi connectivity index (χ4v) is 3.12. The summed E-state index contributed by atoms with van der Waals surface area (Å²) < 4.78 is 0.989. The van der Waals surface area contributed by atoms with Crippen molar-refractivity contribution in [3.05, 3.63) is 13.6 Å². The van der Waals surface area contributed by atoms with Crippen LogP contribution < -0.4 is 0 Å². The van der Waals surface area contributed by atoms with E-state index in [1.807, 2.05) is 0 Å². The second-order valence-corrected chi connectivity index (χ2v) is 5.35. The first-order valence-corrected chi connectivity index (χ1v) is 5.35. The first kappa shape index (κ1) is 7.67. The van der Waals surface area contributed by atoms with Crippen LogP contribution in [-0.2, 0) is 6.42 Å². The highest BCUT2D eigenvalue weighted by Gasteiger charge is 2.20. The van der Waals surface area contributed by atoms with Gasteiger partial charge in [-0.2, -0.15) is 0 Å². The van der Waals surface area contributed by atoms with Crippen molar-refractivity contribution in [2.24, 2.45) is 0 Å². The van der Waals surface area contributed by atoms with Crippen molar-refractivity contribution in [2.75, 3.05) is 0 Å². The lowest BCUT2D eigenvalue weighted by Crippen LogP contribution is -2.08. The predicted molar refractivity (Wildman–Crippen MR) is 52.1 cm³/mol. The predicted octanol–water partition coefficient (Wildman–Crippen LogP) is 2.27. The summed E-state index contributed by atoms with van der Waals surface area (Å²) in [6.07, 6.45) is 2.73. The molecule has 1 heterocycles. The van der Waals surface area contributed by atoms with Crippen LogP contribution in [0, 0.1) is 3.01 Å². The number of carbonyl (C=O) groups is 1. The van der Waals surface area contributed by atoms with Crippen LogP contribution in [0.5, 0.6) is 0 Å². The van der Waals surface area contributed by atoms with Crippen LogP contribution in [0.3, 0.4) is 0 Å². The highest BCUT2D eigenvalue weighted by atomic mass is 127. The van der Waals surface area contributed by atoms with Gasteiger partial charge in [0.15, 0.2) is 8.80 Å². The largest absolute Gasteiger partial charge is 0.292 e. The summed E-state index contributed by atoms with van der Waals surface area (Å²) in [5.74, 6) is 0.227. The maximum atomic E-state index is 11.2. The molecule has 0 saturated heterocycles. The molecule has 11 heavy (non-hydrogen) atoms. The van der Waals surface area contributed by atoms with E-state index >= 15 is 0 Å². The van der Waals surface area contributed by atoms with E-state index in [-0.39, 0.29) is 5.78 Å². The number of ketones is 1. The summed E-state index contributed by atoms with van der Waals surface area (Å²) >= 11 is 3.81. The van der Waals surface area contributed by atoms with E-state index < -0.39 is 0 Å². The Morgan fingerprint density at radius 2 is 2.27 bits per heavy atom. The number of nitrogens with zero attached hydrogens (tertiary/aromatic N) is 1. The lowest BCUT2D eigenvalue weighted by Gasteiger charge is -2.05. The summed E-state index contributed by atoms with van der Waals surface area (Å²) in [5.41, 5.74) is 0.741. The molecule has 0 bridgehead atoms. The van der Waals surface area contributed by atoms with Gasteiger partial charge in [0.25, 0.3) is 0 Å². The zero-order valence-corrected chi connectivity index (χ0v) is 8.74. The van der Waals surface area contributed by atoms with Crippen LogP contribution in [0.15, 0.2) is 0 Å². The third-order valence-electron chi connectivity index (χ3n) is 1.74. The maximum absolute atomic E-state index is 11.2. The smallest absolute Gasteiger partial charge is 0.182 e. The number of aryl methyl sites for hydroxylation is 1. The van der Waals surface area contributed by atoms with Gasteiger partial charge in [-0.3, -0.25) is 4.79 Å². The van der Waals surface area contributed by atoms with E-state index in [4.69, 9.17) is 0 Å². The van der Waals surface area contributed by atoms with Gasteiger partial charge in [-0.25, -0.2) is 4.98 Å². The molecule has 4 heteroatoms. The Kier molecular flexibility index (Phi) is 1.97. The zero-order chi connectivity index (χ0) is 7.84. The van der Waals surface area contributed by atoms with Gasteiger partial charge < -0.3 is 0 Å². The standard InChI is InChI=1S/C7H6INOS/c8-7-9-6-4(10)2-1-3-5(6)11-7/h1-3H2. The number of thiazole rings is 1. The molecule has 0 amide bonds. The SMILES string of the molecule is O=C1CCCc2sc(I)nc21. The quantitative estimate of drug-likeness (QED) is 0.682. The second kappa shape index (κ2) is 2.82. The fraction of sp³-hybridized carbons (Fsp3) is 0.429. The molecule has 0 fully saturated rings. The summed E-state index contributed by atoms with van der Waals surface area (Å²) in [6, 6.07) is 0. The Bertz CT molecular complexity index is 307. The van der Waals surface area contributed by atoms with E-state index in [2.05, 4.69) is 27.6 Å². The Morgan fingerprint density at radius 3 is 3.00 bits per heavy atom. The molecule has 0 spiro atoms. The molecule has 1 aromatic heterocycles. The highest BCUT2D eigenvalue weighted by molar-refractivity contribution is 14.1. The molecule has 0 N–H and O–H groups in total. The molecule has 0 atom stereocenters. The molecule has 58 valence electrons. The van der Waals surface area contributed by atoms with E-state index in [1.165, 1.54) is 4.88 Å². The molecule has 0 saturated carbocycles. The summed E-state index contributed by atoms with van der Waals surface area (Å²) in [6.45, 7) is 0. The van der Waals surface area contributed by atoms with Crippen molar-refractivity contribution in [1.82, 2.24) is 4.98 Å². The minimum absolute atomic E-state index is 0.227. The minimum Gasteiger partial charge on any atom is -0.292 e. The topological polar surface area (TPSA) is 30.0 Å². The molecule has 0 radical (unpaired) electrons. The van der Waals surface area contributed by atoms with Gasteiger partial charge in [-0.1, -0.05) is 0 Å². The molecule has 0 aliphatic heterocycles. The number of halogens is 1. The molecular formula is C7H6INOS. The van der Waals surface area contributed by atoms with Gasteiger partial charge in [0.05, 0.1) is 0 Å². The van der Waals surface area contributed by atoms with Crippen molar-refractivity contribution in [3.8, 4) is 0 Å². The van der Waals surface area contributed by atoms with Crippen LogP contribution in [0.2, 0.25) is 0 Å². The molecule has 0 unspecified atom stereocenters. The Balaban J connectivity index is 2.52. The average molecular weight is 279 g/mol. The molecule has 1 aromatic rings. The van der Waals surface area contributed by atoms with Crippen LogP contribution in [0.25, 0.3) is 0 Å². The second-order valence-electron chi connectivity index (χ2n) is 2.52. The van der Waals surface area contributed by atoms with Crippen LogP contribution >= 0.6 is 33.9 Å². The molecule has 0 aromatic carbocycles. The Morgan fingerprint density at radius 1 is 1.45 bits per heavy atom. The number of hydrogen-bond acceptors (Lipinski definition) is 3. The van der Waals surface area contributed by atoms with Gasteiger partial charge >= 0.3 is 0 Å². The Labute approximate surface area is 82.2 Å². The summed E-state index contributed by atoms with van der Waals surface area (Å²) in [7, 11) is 0. The number of hydrogen-bond donors (Lipinski definition) is 0. The van der Waals surface area contributed by atoms with E-state index in [1.54, 1.807) is 11.3 Å².